The predicted molar refractivity (Wildman–Crippen MR) is 63.2 cm³/mol. The molecule has 0 aromatic carbocycles. The SMILES string of the molecule is CCOP(=O)(O)C1CNCC12CCOC2.Cl. The Morgan fingerprint density at radius 3 is 3.00 bits per heavy atom. The number of halogens is 1. The standard InChI is InChI=1S/C9H18NO4P.ClH/c1-2-14-15(11,12)8-5-10-6-9(8)3-4-13-7-9;/h8,10H,2-7H2,1H3,(H,11,12);1H. The lowest BCUT2D eigenvalue weighted by molar-refractivity contribution is 0.153. The molecule has 2 N–H and O–H groups in total. The number of hydrogen-bond acceptors (Lipinski definition) is 4. The monoisotopic (exact) mass is 271 g/mol. The van der Waals surface area contributed by atoms with Crippen molar-refractivity contribution in [2.75, 3.05) is 32.9 Å². The Kier molecular flexibility index (Phi) is 4.81. The van der Waals surface area contributed by atoms with Crippen LogP contribution in [0.3, 0.4) is 0 Å². The third kappa shape index (κ3) is 2.45. The first-order valence-corrected chi connectivity index (χ1v) is 7.01. The van der Waals surface area contributed by atoms with Crippen LogP contribution in [0.25, 0.3) is 0 Å². The van der Waals surface area contributed by atoms with Crippen molar-refractivity contribution >= 4 is 20.0 Å². The van der Waals surface area contributed by atoms with Gasteiger partial charge in [-0.1, -0.05) is 0 Å². The van der Waals surface area contributed by atoms with Gasteiger partial charge in [0.1, 0.15) is 0 Å². The van der Waals surface area contributed by atoms with E-state index in [1.165, 1.54) is 0 Å². The molecule has 5 nitrogen and oxygen atoms in total. The highest BCUT2D eigenvalue weighted by Crippen LogP contribution is 2.57. The topological polar surface area (TPSA) is 67.8 Å². The summed E-state index contributed by atoms with van der Waals surface area (Å²) in [5.74, 6) is 0. The third-order valence-corrected chi connectivity index (χ3v) is 5.51. The highest BCUT2D eigenvalue weighted by molar-refractivity contribution is 7.53. The molecule has 0 amide bonds. The summed E-state index contributed by atoms with van der Waals surface area (Å²) in [6.07, 6.45) is 0.849. The molecule has 2 heterocycles. The quantitative estimate of drug-likeness (QED) is 0.750. The van der Waals surface area contributed by atoms with Gasteiger partial charge in [0, 0.05) is 25.1 Å². The fourth-order valence-electron chi connectivity index (χ4n) is 2.55. The maximum atomic E-state index is 12.0. The van der Waals surface area contributed by atoms with Crippen LogP contribution in [-0.2, 0) is 13.8 Å². The fraction of sp³-hybridized carbons (Fsp3) is 1.00. The molecule has 3 atom stereocenters. The zero-order chi connectivity index (χ0) is 10.9. The average Bonchev–Trinajstić information content (AvgIpc) is 2.77. The van der Waals surface area contributed by atoms with Crippen molar-refractivity contribution in [3.8, 4) is 0 Å². The van der Waals surface area contributed by atoms with Crippen LogP contribution >= 0.6 is 20.0 Å². The summed E-state index contributed by atoms with van der Waals surface area (Å²) >= 11 is 0. The Morgan fingerprint density at radius 2 is 2.44 bits per heavy atom. The Balaban J connectivity index is 0.00000128. The van der Waals surface area contributed by atoms with Crippen molar-refractivity contribution in [3.63, 3.8) is 0 Å². The summed E-state index contributed by atoms with van der Waals surface area (Å²) in [4.78, 5) is 9.88. The number of ether oxygens (including phenoxy) is 1. The molecule has 2 aliphatic heterocycles. The minimum atomic E-state index is -3.50. The summed E-state index contributed by atoms with van der Waals surface area (Å²) in [6, 6.07) is 0. The molecule has 1 spiro atoms. The van der Waals surface area contributed by atoms with E-state index in [0.29, 0.717) is 19.8 Å². The molecule has 2 aliphatic rings. The molecule has 0 aliphatic carbocycles. The second-order valence-electron chi connectivity index (χ2n) is 4.29. The molecule has 2 rings (SSSR count). The second kappa shape index (κ2) is 5.34. The van der Waals surface area contributed by atoms with Crippen molar-refractivity contribution in [3.05, 3.63) is 0 Å². The van der Waals surface area contributed by atoms with Gasteiger partial charge < -0.3 is 19.5 Å². The summed E-state index contributed by atoms with van der Waals surface area (Å²) in [5.41, 5.74) is -0.494. The maximum Gasteiger partial charge on any atom is 0.333 e. The van der Waals surface area contributed by atoms with E-state index in [1.54, 1.807) is 6.92 Å². The number of rotatable bonds is 3. The Hall–Kier alpha value is 0.360. The predicted octanol–water partition coefficient (Wildman–Crippen LogP) is 1.01. The van der Waals surface area contributed by atoms with Gasteiger partial charge >= 0.3 is 7.60 Å². The van der Waals surface area contributed by atoms with Gasteiger partial charge in [-0.3, -0.25) is 4.57 Å². The van der Waals surface area contributed by atoms with E-state index >= 15 is 0 Å². The van der Waals surface area contributed by atoms with Gasteiger partial charge in [0.25, 0.3) is 0 Å². The van der Waals surface area contributed by atoms with Crippen molar-refractivity contribution in [1.82, 2.24) is 5.32 Å². The highest BCUT2D eigenvalue weighted by atomic mass is 35.5. The van der Waals surface area contributed by atoms with Gasteiger partial charge in [-0.25, -0.2) is 0 Å². The van der Waals surface area contributed by atoms with E-state index in [-0.39, 0.29) is 30.1 Å². The molecule has 2 saturated heterocycles. The smallest absolute Gasteiger partial charge is 0.333 e. The first kappa shape index (κ1) is 14.4. The Morgan fingerprint density at radius 1 is 1.69 bits per heavy atom. The van der Waals surface area contributed by atoms with Crippen LogP contribution in [0, 0.1) is 5.41 Å². The summed E-state index contributed by atoms with van der Waals surface area (Å²) in [6.45, 7) is 4.59. The van der Waals surface area contributed by atoms with Gasteiger partial charge in [0.05, 0.1) is 18.9 Å². The minimum absolute atomic E-state index is 0. The second-order valence-corrected chi connectivity index (χ2v) is 6.30. The zero-order valence-electron chi connectivity index (χ0n) is 9.35. The molecule has 7 heteroatoms. The molecule has 16 heavy (non-hydrogen) atoms. The summed E-state index contributed by atoms with van der Waals surface area (Å²) in [7, 11) is -3.50. The van der Waals surface area contributed by atoms with E-state index in [2.05, 4.69) is 5.32 Å². The molecule has 0 bridgehead atoms. The van der Waals surface area contributed by atoms with Crippen LogP contribution in [0.15, 0.2) is 0 Å². The van der Waals surface area contributed by atoms with E-state index in [1.807, 2.05) is 0 Å². The molecule has 96 valence electrons. The van der Waals surface area contributed by atoms with Gasteiger partial charge in [0.15, 0.2) is 0 Å². The highest BCUT2D eigenvalue weighted by Gasteiger charge is 2.54. The lowest BCUT2D eigenvalue weighted by atomic mass is 9.86. The molecule has 0 saturated carbocycles. The Bertz CT molecular complexity index is 277. The number of nitrogens with one attached hydrogen (secondary N) is 1. The fourth-order valence-corrected chi connectivity index (χ4v) is 4.45. The van der Waals surface area contributed by atoms with E-state index in [9.17, 15) is 9.46 Å². The molecule has 2 fully saturated rings. The van der Waals surface area contributed by atoms with Crippen molar-refractivity contribution in [2.45, 2.75) is 19.0 Å². The first-order chi connectivity index (χ1) is 7.11. The van der Waals surface area contributed by atoms with Crippen molar-refractivity contribution in [2.24, 2.45) is 5.41 Å². The molecule has 0 aromatic rings. The molecular formula is C9H19ClNO4P. The van der Waals surface area contributed by atoms with E-state index < -0.39 is 7.60 Å². The van der Waals surface area contributed by atoms with E-state index in [4.69, 9.17) is 9.26 Å². The summed E-state index contributed by atoms with van der Waals surface area (Å²) < 4.78 is 22.4. The maximum absolute atomic E-state index is 12.0. The zero-order valence-corrected chi connectivity index (χ0v) is 11.1. The molecule has 0 radical (unpaired) electrons. The number of hydrogen-bond donors (Lipinski definition) is 2. The lowest BCUT2D eigenvalue weighted by Crippen LogP contribution is -2.35. The average molecular weight is 272 g/mol. The third-order valence-electron chi connectivity index (χ3n) is 3.36. The molecule has 3 unspecified atom stereocenters. The molecular weight excluding hydrogens is 253 g/mol. The van der Waals surface area contributed by atoms with Crippen LogP contribution < -0.4 is 5.32 Å². The van der Waals surface area contributed by atoms with Crippen LogP contribution in [0.5, 0.6) is 0 Å². The van der Waals surface area contributed by atoms with Gasteiger partial charge in [0.2, 0.25) is 0 Å². The van der Waals surface area contributed by atoms with Crippen LogP contribution in [0.4, 0.5) is 0 Å². The van der Waals surface area contributed by atoms with Gasteiger partial charge in [-0.2, -0.15) is 0 Å². The van der Waals surface area contributed by atoms with Crippen LogP contribution in [-0.4, -0.2) is 43.5 Å². The summed E-state index contributed by atoms with van der Waals surface area (Å²) in [5, 5.41) is 3.18. The van der Waals surface area contributed by atoms with Crippen molar-refractivity contribution in [1.29, 1.82) is 0 Å². The largest absolute Gasteiger partial charge is 0.381 e. The van der Waals surface area contributed by atoms with Crippen LogP contribution in [0.1, 0.15) is 13.3 Å². The Labute approximate surface area is 102 Å². The lowest BCUT2D eigenvalue weighted by Gasteiger charge is -2.30. The molecule has 0 aromatic heterocycles. The van der Waals surface area contributed by atoms with Crippen molar-refractivity contribution < 1.29 is 18.7 Å². The minimum Gasteiger partial charge on any atom is -0.381 e. The normalized spacial score (nSPS) is 37.2. The first-order valence-electron chi connectivity index (χ1n) is 5.36. The van der Waals surface area contributed by atoms with Crippen LogP contribution in [0.2, 0.25) is 0 Å². The van der Waals surface area contributed by atoms with Gasteiger partial charge in [-0.15, -0.1) is 12.4 Å². The van der Waals surface area contributed by atoms with Gasteiger partial charge in [-0.05, 0) is 13.3 Å². The van der Waals surface area contributed by atoms with E-state index in [0.717, 1.165) is 13.0 Å².